The Labute approximate surface area is 121 Å². The SMILES string of the molecule is CC(C)NC1CC(C)(C)CC(C)(C(C)NC(C)C)C1. The molecule has 0 aliphatic heterocycles. The van der Waals surface area contributed by atoms with Crippen LogP contribution in [0.4, 0.5) is 0 Å². The van der Waals surface area contributed by atoms with Crippen molar-refractivity contribution in [3.8, 4) is 0 Å². The molecule has 2 N–H and O–H groups in total. The highest BCUT2D eigenvalue weighted by molar-refractivity contribution is 4.99. The van der Waals surface area contributed by atoms with E-state index < -0.39 is 0 Å². The van der Waals surface area contributed by atoms with Gasteiger partial charge in [-0.2, -0.15) is 0 Å². The van der Waals surface area contributed by atoms with Crippen LogP contribution in [0.1, 0.15) is 74.7 Å². The van der Waals surface area contributed by atoms with Crippen molar-refractivity contribution in [2.75, 3.05) is 0 Å². The summed E-state index contributed by atoms with van der Waals surface area (Å²) in [5.41, 5.74) is 0.824. The molecule has 19 heavy (non-hydrogen) atoms. The lowest BCUT2D eigenvalue weighted by Gasteiger charge is -2.50. The predicted octanol–water partition coefficient (Wildman–Crippen LogP) is 3.96. The summed E-state index contributed by atoms with van der Waals surface area (Å²) < 4.78 is 0. The minimum absolute atomic E-state index is 0.387. The van der Waals surface area contributed by atoms with Crippen molar-refractivity contribution in [1.82, 2.24) is 10.6 Å². The zero-order valence-electron chi connectivity index (χ0n) is 14.4. The van der Waals surface area contributed by atoms with Gasteiger partial charge in [-0.1, -0.05) is 48.5 Å². The fourth-order valence-corrected chi connectivity index (χ4v) is 4.16. The van der Waals surface area contributed by atoms with Crippen LogP contribution in [0.5, 0.6) is 0 Å². The van der Waals surface area contributed by atoms with Crippen molar-refractivity contribution in [1.29, 1.82) is 0 Å². The van der Waals surface area contributed by atoms with Gasteiger partial charge in [0, 0.05) is 24.2 Å². The average Bonchev–Trinajstić information content (AvgIpc) is 2.11. The minimum atomic E-state index is 0.387. The van der Waals surface area contributed by atoms with E-state index in [9.17, 15) is 0 Å². The van der Waals surface area contributed by atoms with Crippen LogP contribution in [0.3, 0.4) is 0 Å². The van der Waals surface area contributed by atoms with E-state index in [1.54, 1.807) is 0 Å². The van der Waals surface area contributed by atoms with Crippen molar-refractivity contribution >= 4 is 0 Å². The monoisotopic (exact) mass is 268 g/mol. The smallest absolute Gasteiger partial charge is 0.00956 e. The van der Waals surface area contributed by atoms with Crippen LogP contribution in [-0.2, 0) is 0 Å². The molecular weight excluding hydrogens is 232 g/mol. The van der Waals surface area contributed by atoms with Gasteiger partial charge in [-0.15, -0.1) is 0 Å². The maximum Gasteiger partial charge on any atom is 0.00956 e. The molecule has 0 aromatic rings. The normalized spacial score (nSPS) is 32.8. The Morgan fingerprint density at radius 1 is 0.895 bits per heavy atom. The highest BCUT2D eigenvalue weighted by Gasteiger charge is 2.44. The summed E-state index contributed by atoms with van der Waals surface area (Å²) in [6.45, 7) is 18.7. The summed E-state index contributed by atoms with van der Waals surface area (Å²) in [5, 5.41) is 7.51. The Morgan fingerprint density at radius 3 is 1.95 bits per heavy atom. The molecule has 1 saturated carbocycles. The molecule has 0 heterocycles. The van der Waals surface area contributed by atoms with Gasteiger partial charge in [-0.25, -0.2) is 0 Å². The first-order chi connectivity index (χ1) is 8.54. The lowest BCUT2D eigenvalue weighted by Crippen LogP contribution is -2.54. The van der Waals surface area contributed by atoms with Crippen molar-refractivity contribution in [2.45, 2.75) is 98.8 Å². The molecular formula is C17H36N2. The molecule has 0 radical (unpaired) electrons. The third-order valence-electron chi connectivity index (χ3n) is 4.59. The Bertz CT molecular complexity index is 283. The van der Waals surface area contributed by atoms with Crippen LogP contribution in [0, 0.1) is 10.8 Å². The molecule has 2 nitrogen and oxygen atoms in total. The van der Waals surface area contributed by atoms with Gasteiger partial charge in [-0.05, 0) is 37.0 Å². The number of hydrogen-bond donors (Lipinski definition) is 2. The summed E-state index contributed by atoms with van der Waals surface area (Å²) in [7, 11) is 0. The molecule has 0 saturated heterocycles. The van der Waals surface area contributed by atoms with E-state index in [0.29, 0.717) is 35.0 Å². The number of hydrogen-bond acceptors (Lipinski definition) is 2. The van der Waals surface area contributed by atoms with E-state index >= 15 is 0 Å². The molecule has 1 rings (SSSR count). The van der Waals surface area contributed by atoms with E-state index in [1.807, 2.05) is 0 Å². The Balaban J connectivity index is 2.80. The molecule has 1 fully saturated rings. The van der Waals surface area contributed by atoms with Crippen LogP contribution < -0.4 is 10.6 Å². The second kappa shape index (κ2) is 6.13. The molecule has 0 aromatic heterocycles. The Hall–Kier alpha value is -0.0800. The highest BCUT2D eigenvalue weighted by Crippen LogP contribution is 2.48. The lowest BCUT2D eigenvalue weighted by atomic mass is 9.60. The molecule has 0 bridgehead atoms. The van der Waals surface area contributed by atoms with Crippen LogP contribution in [0.2, 0.25) is 0 Å². The Kier molecular flexibility index (Phi) is 5.48. The summed E-state index contributed by atoms with van der Waals surface area (Å²) in [4.78, 5) is 0. The minimum Gasteiger partial charge on any atom is -0.312 e. The number of nitrogens with one attached hydrogen (secondary N) is 2. The van der Waals surface area contributed by atoms with Gasteiger partial charge >= 0.3 is 0 Å². The van der Waals surface area contributed by atoms with E-state index in [0.717, 1.165) is 0 Å². The van der Waals surface area contributed by atoms with Crippen LogP contribution in [0.25, 0.3) is 0 Å². The molecule has 0 amide bonds. The fourth-order valence-electron chi connectivity index (χ4n) is 4.16. The first-order valence-corrected chi connectivity index (χ1v) is 8.06. The second-order valence-electron chi connectivity index (χ2n) is 8.46. The molecule has 1 aliphatic rings. The van der Waals surface area contributed by atoms with Crippen LogP contribution in [0.15, 0.2) is 0 Å². The standard InChI is InChI=1S/C17H36N2/c1-12(2)18-14(5)17(8)10-15(19-13(3)4)9-16(6,7)11-17/h12-15,18-19H,9-11H2,1-8H3. The first-order valence-electron chi connectivity index (χ1n) is 8.06. The maximum atomic E-state index is 3.77. The average molecular weight is 268 g/mol. The van der Waals surface area contributed by atoms with Gasteiger partial charge in [0.25, 0.3) is 0 Å². The molecule has 1 aliphatic carbocycles. The molecule has 3 atom stereocenters. The van der Waals surface area contributed by atoms with E-state index in [4.69, 9.17) is 0 Å². The van der Waals surface area contributed by atoms with Gasteiger partial charge in [-0.3, -0.25) is 0 Å². The van der Waals surface area contributed by atoms with Crippen molar-refractivity contribution in [2.24, 2.45) is 10.8 Å². The summed E-state index contributed by atoms with van der Waals surface area (Å²) in [6.07, 6.45) is 3.90. The van der Waals surface area contributed by atoms with Gasteiger partial charge in [0.15, 0.2) is 0 Å². The summed E-state index contributed by atoms with van der Waals surface area (Å²) >= 11 is 0. The molecule has 114 valence electrons. The zero-order valence-corrected chi connectivity index (χ0v) is 14.4. The van der Waals surface area contributed by atoms with E-state index in [-0.39, 0.29) is 0 Å². The molecule has 2 heteroatoms. The van der Waals surface area contributed by atoms with Crippen molar-refractivity contribution in [3.63, 3.8) is 0 Å². The third kappa shape index (κ3) is 5.07. The first kappa shape index (κ1) is 17.0. The highest BCUT2D eigenvalue weighted by atomic mass is 15.0. The summed E-state index contributed by atoms with van der Waals surface area (Å²) in [6, 6.07) is 2.37. The topological polar surface area (TPSA) is 24.1 Å². The van der Waals surface area contributed by atoms with E-state index in [2.05, 4.69) is 66.0 Å². The maximum absolute atomic E-state index is 3.77. The van der Waals surface area contributed by atoms with Gasteiger partial charge in [0.05, 0.1) is 0 Å². The van der Waals surface area contributed by atoms with Gasteiger partial charge in [0.2, 0.25) is 0 Å². The van der Waals surface area contributed by atoms with E-state index in [1.165, 1.54) is 19.3 Å². The second-order valence-corrected chi connectivity index (χ2v) is 8.46. The van der Waals surface area contributed by atoms with Gasteiger partial charge < -0.3 is 10.6 Å². The van der Waals surface area contributed by atoms with Gasteiger partial charge in [0.1, 0.15) is 0 Å². The Morgan fingerprint density at radius 2 is 1.47 bits per heavy atom. The van der Waals surface area contributed by atoms with Crippen LogP contribution >= 0.6 is 0 Å². The largest absolute Gasteiger partial charge is 0.312 e. The third-order valence-corrected chi connectivity index (χ3v) is 4.59. The zero-order chi connectivity index (χ0) is 14.8. The molecule has 3 unspecified atom stereocenters. The predicted molar refractivity (Wildman–Crippen MR) is 85.5 cm³/mol. The summed E-state index contributed by atoms with van der Waals surface area (Å²) in [5.74, 6) is 0. The van der Waals surface area contributed by atoms with Crippen molar-refractivity contribution < 1.29 is 0 Å². The fraction of sp³-hybridized carbons (Fsp3) is 1.00. The molecule has 0 spiro atoms. The lowest BCUT2D eigenvalue weighted by molar-refractivity contribution is 0.0391. The number of rotatable bonds is 5. The molecule has 0 aromatic carbocycles. The quantitative estimate of drug-likeness (QED) is 0.789. The van der Waals surface area contributed by atoms with Crippen LogP contribution in [-0.4, -0.2) is 24.2 Å². The van der Waals surface area contributed by atoms with Crippen molar-refractivity contribution in [3.05, 3.63) is 0 Å².